The van der Waals surface area contributed by atoms with E-state index in [9.17, 15) is 13.2 Å². The highest BCUT2D eigenvalue weighted by Gasteiger charge is 2.26. The molecule has 0 saturated carbocycles. The molecule has 112 valence electrons. The number of carbonyl (C=O) groups excluding carboxylic acids is 1. The number of hydrogen-bond donors (Lipinski definition) is 1. The second-order valence-electron chi connectivity index (χ2n) is 3.88. The summed E-state index contributed by atoms with van der Waals surface area (Å²) in [6.07, 6.45) is 1.56. The quantitative estimate of drug-likeness (QED) is 0.837. The van der Waals surface area contributed by atoms with E-state index in [-0.39, 0.29) is 20.7 Å². The Bertz CT molecular complexity index is 744. The number of sulfonamides is 1. The number of nitrogens with zero attached hydrogens (tertiary/aromatic N) is 1. The van der Waals surface area contributed by atoms with Gasteiger partial charge < -0.3 is 4.74 Å². The lowest BCUT2D eigenvalue weighted by atomic mass is 10.4. The third kappa shape index (κ3) is 3.79. The van der Waals surface area contributed by atoms with Crippen molar-refractivity contribution in [3.05, 3.63) is 45.4 Å². The number of aromatic nitrogens is 1. The zero-order chi connectivity index (χ0) is 15.5. The average Bonchev–Trinajstić information content (AvgIpc) is 2.88. The van der Waals surface area contributed by atoms with Crippen molar-refractivity contribution in [2.45, 2.75) is 11.4 Å². The molecular weight excluding hydrogens is 336 g/mol. The number of nitrogens with one attached hydrogen (secondary N) is 1. The second kappa shape index (κ2) is 6.52. The molecule has 1 N–H and O–H groups in total. The second-order valence-corrected chi connectivity index (χ2v) is 7.30. The van der Waals surface area contributed by atoms with Crippen LogP contribution >= 0.6 is 22.9 Å². The Balaban J connectivity index is 2.26. The summed E-state index contributed by atoms with van der Waals surface area (Å²) in [5.41, 5.74) is 0.557. The molecule has 0 saturated heterocycles. The Morgan fingerprint density at radius 1 is 1.48 bits per heavy atom. The summed E-state index contributed by atoms with van der Waals surface area (Å²) in [6.45, 7) is 0.0112. The fraction of sp³-hybridized carbons (Fsp3) is 0.167. The van der Waals surface area contributed by atoms with E-state index < -0.39 is 16.0 Å². The number of ether oxygens (including phenoxy) is 1. The maximum atomic E-state index is 12.3. The van der Waals surface area contributed by atoms with Crippen LogP contribution in [0, 0.1) is 0 Å². The molecule has 0 bridgehead atoms. The highest BCUT2D eigenvalue weighted by molar-refractivity contribution is 7.89. The minimum Gasteiger partial charge on any atom is -0.465 e. The van der Waals surface area contributed by atoms with Gasteiger partial charge in [-0.1, -0.05) is 17.7 Å². The molecule has 0 atom stereocenters. The van der Waals surface area contributed by atoms with Gasteiger partial charge in [0.1, 0.15) is 9.77 Å². The molecule has 2 aromatic rings. The van der Waals surface area contributed by atoms with Crippen LogP contribution in [0.2, 0.25) is 4.34 Å². The van der Waals surface area contributed by atoms with Crippen molar-refractivity contribution in [2.24, 2.45) is 0 Å². The minimum absolute atomic E-state index is 0.0112. The van der Waals surface area contributed by atoms with Gasteiger partial charge in [0.25, 0.3) is 0 Å². The molecule has 21 heavy (non-hydrogen) atoms. The summed E-state index contributed by atoms with van der Waals surface area (Å²) < 4.78 is 31.6. The number of thiophene rings is 1. The zero-order valence-electron chi connectivity index (χ0n) is 10.9. The van der Waals surface area contributed by atoms with Gasteiger partial charge in [0.05, 0.1) is 23.7 Å². The first-order valence-electron chi connectivity index (χ1n) is 5.71. The lowest BCUT2D eigenvalue weighted by molar-refractivity contribution is 0.0602. The molecule has 0 aliphatic rings. The largest absolute Gasteiger partial charge is 0.465 e. The van der Waals surface area contributed by atoms with E-state index in [1.807, 2.05) is 0 Å². The molecule has 0 amide bonds. The third-order valence-corrected chi connectivity index (χ3v) is 5.30. The van der Waals surface area contributed by atoms with Gasteiger partial charge in [0.15, 0.2) is 0 Å². The van der Waals surface area contributed by atoms with E-state index in [0.717, 1.165) is 11.3 Å². The van der Waals surface area contributed by atoms with Crippen molar-refractivity contribution in [1.82, 2.24) is 9.71 Å². The molecule has 2 aromatic heterocycles. The van der Waals surface area contributed by atoms with Gasteiger partial charge >= 0.3 is 5.97 Å². The topological polar surface area (TPSA) is 85.4 Å². The van der Waals surface area contributed by atoms with Crippen molar-refractivity contribution in [3.8, 4) is 0 Å². The zero-order valence-corrected chi connectivity index (χ0v) is 13.3. The molecule has 0 aliphatic carbocycles. The first kappa shape index (κ1) is 15.9. The Labute approximate surface area is 130 Å². The van der Waals surface area contributed by atoms with E-state index in [0.29, 0.717) is 5.69 Å². The maximum absolute atomic E-state index is 12.3. The Kier molecular flexibility index (Phi) is 4.94. The summed E-state index contributed by atoms with van der Waals surface area (Å²) >= 11 is 6.65. The number of methoxy groups -OCH3 is 1. The van der Waals surface area contributed by atoms with Crippen molar-refractivity contribution in [3.63, 3.8) is 0 Å². The van der Waals surface area contributed by atoms with Gasteiger partial charge in [-0.3, -0.25) is 4.98 Å². The lowest BCUT2D eigenvalue weighted by Gasteiger charge is -2.06. The minimum atomic E-state index is -3.89. The van der Waals surface area contributed by atoms with Crippen LogP contribution in [0.5, 0.6) is 0 Å². The summed E-state index contributed by atoms with van der Waals surface area (Å²) in [5, 5.41) is 0. The fourth-order valence-corrected chi connectivity index (χ4v) is 4.26. The van der Waals surface area contributed by atoms with Crippen LogP contribution in [0.25, 0.3) is 0 Å². The Morgan fingerprint density at radius 3 is 2.86 bits per heavy atom. The molecule has 0 radical (unpaired) electrons. The van der Waals surface area contributed by atoms with Gasteiger partial charge in [0, 0.05) is 6.20 Å². The third-order valence-electron chi connectivity index (χ3n) is 2.50. The van der Waals surface area contributed by atoms with Crippen LogP contribution in [-0.4, -0.2) is 26.5 Å². The fourth-order valence-electron chi connectivity index (χ4n) is 1.53. The monoisotopic (exact) mass is 346 g/mol. The predicted octanol–water partition coefficient (Wildman–Crippen LogP) is 2.06. The predicted molar refractivity (Wildman–Crippen MR) is 78.9 cm³/mol. The number of esters is 1. The molecule has 2 rings (SSSR count). The van der Waals surface area contributed by atoms with Gasteiger partial charge in [-0.2, -0.15) is 0 Å². The van der Waals surface area contributed by atoms with Crippen molar-refractivity contribution >= 4 is 38.9 Å². The summed E-state index contributed by atoms with van der Waals surface area (Å²) in [5.74, 6) is -0.745. The Hall–Kier alpha value is -1.48. The molecule has 0 fully saturated rings. The van der Waals surface area contributed by atoms with Crippen LogP contribution in [0.1, 0.15) is 15.4 Å². The van der Waals surface area contributed by atoms with Crippen LogP contribution in [0.3, 0.4) is 0 Å². The summed E-state index contributed by atoms with van der Waals surface area (Å²) in [6, 6.07) is 6.38. The average molecular weight is 347 g/mol. The number of halogens is 1. The van der Waals surface area contributed by atoms with Crippen molar-refractivity contribution in [2.75, 3.05) is 7.11 Å². The standard InChI is InChI=1S/C12H11ClN2O4S2/c1-19-12(16)11-9(6-10(13)20-11)21(17,18)15-7-8-4-2-3-5-14-8/h2-6,15H,7H2,1H3. The van der Waals surface area contributed by atoms with Crippen LogP contribution < -0.4 is 4.72 Å². The van der Waals surface area contributed by atoms with E-state index in [1.165, 1.54) is 13.2 Å². The first-order chi connectivity index (χ1) is 9.94. The van der Waals surface area contributed by atoms with E-state index in [1.54, 1.807) is 24.4 Å². The Morgan fingerprint density at radius 2 is 2.24 bits per heavy atom. The van der Waals surface area contributed by atoms with Gasteiger partial charge in [0.2, 0.25) is 10.0 Å². The molecule has 9 heteroatoms. The molecule has 0 spiro atoms. The normalized spacial score (nSPS) is 11.3. The highest BCUT2D eigenvalue weighted by atomic mass is 35.5. The van der Waals surface area contributed by atoms with E-state index in [4.69, 9.17) is 11.6 Å². The number of carbonyl (C=O) groups is 1. The number of pyridine rings is 1. The summed E-state index contributed by atoms with van der Waals surface area (Å²) in [4.78, 5) is 15.4. The highest BCUT2D eigenvalue weighted by Crippen LogP contribution is 2.30. The van der Waals surface area contributed by atoms with Crippen LogP contribution in [0.4, 0.5) is 0 Å². The van der Waals surface area contributed by atoms with Crippen molar-refractivity contribution < 1.29 is 17.9 Å². The van der Waals surface area contributed by atoms with Gasteiger partial charge in [-0.15, -0.1) is 11.3 Å². The van der Waals surface area contributed by atoms with Gasteiger partial charge in [-0.05, 0) is 18.2 Å². The van der Waals surface area contributed by atoms with E-state index in [2.05, 4.69) is 14.4 Å². The number of rotatable bonds is 5. The molecule has 0 aromatic carbocycles. The smallest absolute Gasteiger partial charge is 0.349 e. The van der Waals surface area contributed by atoms with Crippen LogP contribution in [-0.2, 0) is 21.3 Å². The number of hydrogen-bond acceptors (Lipinski definition) is 6. The SMILES string of the molecule is COC(=O)c1sc(Cl)cc1S(=O)(=O)NCc1ccccn1. The molecule has 2 heterocycles. The lowest BCUT2D eigenvalue weighted by Crippen LogP contribution is -2.24. The molecule has 0 unspecified atom stereocenters. The maximum Gasteiger partial charge on any atom is 0.349 e. The van der Waals surface area contributed by atoms with Crippen LogP contribution in [0.15, 0.2) is 35.4 Å². The van der Waals surface area contributed by atoms with E-state index >= 15 is 0 Å². The molecule has 0 aliphatic heterocycles. The molecular formula is C12H11ClN2O4S2. The first-order valence-corrected chi connectivity index (χ1v) is 8.39. The summed E-state index contributed by atoms with van der Waals surface area (Å²) in [7, 11) is -2.71. The molecule has 6 nitrogen and oxygen atoms in total. The van der Waals surface area contributed by atoms with Crippen molar-refractivity contribution in [1.29, 1.82) is 0 Å². The van der Waals surface area contributed by atoms with Gasteiger partial charge in [-0.25, -0.2) is 17.9 Å².